The number of anilines is 2. The van der Waals surface area contributed by atoms with Gasteiger partial charge < -0.3 is 11.1 Å². The van der Waals surface area contributed by atoms with Gasteiger partial charge in [0.2, 0.25) is 5.95 Å². The number of rotatable bonds is 4. The lowest BCUT2D eigenvalue weighted by atomic mass is 10.2. The molecular formula is C10H14N4. The van der Waals surface area contributed by atoms with E-state index in [-0.39, 0.29) is 12.0 Å². The SMILES string of the molecule is C#CC(CCC)Nc1ccnc(N)n1. The Morgan fingerprint density at radius 2 is 2.50 bits per heavy atom. The molecule has 0 aliphatic carbocycles. The molecule has 0 saturated heterocycles. The molecule has 0 aromatic carbocycles. The lowest BCUT2D eigenvalue weighted by molar-refractivity contribution is 0.752. The molecule has 3 N–H and O–H groups in total. The molecule has 0 aliphatic rings. The monoisotopic (exact) mass is 190 g/mol. The molecule has 1 unspecified atom stereocenters. The molecule has 1 aromatic rings. The van der Waals surface area contributed by atoms with Crippen LogP contribution in [0.25, 0.3) is 0 Å². The van der Waals surface area contributed by atoms with Gasteiger partial charge in [-0.05, 0) is 12.5 Å². The summed E-state index contributed by atoms with van der Waals surface area (Å²) in [5.41, 5.74) is 5.44. The zero-order valence-corrected chi connectivity index (χ0v) is 8.20. The van der Waals surface area contributed by atoms with E-state index in [1.807, 2.05) is 0 Å². The zero-order valence-electron chi connectivity index (χ0n) is 8.20. The van der Waals surface area contributed by atoms with Gasteiger partial charge in [0.05, 0.1) is 6.04 Å². The van der Waals surface area contributed by atoms with Gasteiger partial charge in [0.25, 0.3) is 0 Å². The predicted molar refractivity (Wildman–Crippen MR) is 57.6 cm³/mol. The molecule has 4 nitrogen and oxygen atoms in total. The lowest BCUT2D eigenvalue weighted by Crippen LogP contribution is -2.17. The number of hydrogen-bond acceptors (Lipinski definition) is 4. The Morgan fingerprint density at radius 3 is 3.07 bits per heavy atom. The normalized spacial score (nSPS) is 11.7. The van der Waals surface area contributed by atoms with Crippen LogP contribution in [0, 0.1) is 12.3 Å². The fourth-order valence-corrected chi connectivity index (χ4v) is 1.12. The van der Waals surface area contributed by atoms with Crippen molar-refractivity contribution in [3.05, 3.63) is 12.3 Å². The van der Waals surface area contributed by atoms with Crippen molar-refractivity contribution in [2.75, 3.05) is 11.1 Å². The van der Waals surface area contributed by atoms with Crippen molar-refractivity contribution in [2.45, 2.75) is 25.8 Å². The van der Waals surface area contributed by atoms with Crippen molar-refractivity contribution in [3.8, 4) is 12.3 Å². The smallest absolute Gasteiger partial charge is 0.221 e. The molecule has 0 aliphatic heterocycles. The maximum absolute atomic E-state index is 5.44. The standard InChI is InChI=1S/C10H14N4/c1-3-5-8(4-2)13-9-6-7-12-10(11)14-9/h2,6-8H,3,5H2,1H3,(H3,11,12,13,14). The molecule has 1 aromatic heterocycles. The Bertz CT molecular complexity index is 329. The number of nitrogen functional groups attached to an aromatic ring is 1. The molecule has 0 spiro atoms. The van der Waals surface area contributed by atoms with Crippen LogP contribution in [-0.2, 0) is 0 Å². The summed E-state index contributed by atoms with van der Waals surface area (Å²) < 4.78 is 0. The van der Waals surface area contributed by atoms with Crippen LogP contribution in [0.4, 0.5) is 11.8 Å². The topological polar surface area (TPSA) is 63.8 Å². The second-order valence-corrected chi connectivity index (χ2v) is 2.95. The molecule has 0 bridgehead atoms. The van der Waals surface area contributed by atoms with Gasteiger partial charge in [0, 0.05) is 6.20 Å². The minimum atomic E-state index is 0.00861. The third kappa shape index (κ3) is 2.94. The highest BCUT2D eigenvalue weighted by molar-refractivity contribution is 5.40. The largest absolute Gasteiger partial charge is 0.368 e. The fourth-order valence-electron chi connectivity index (χ4n) is 1.12. The molecule has 74 valence electrons. The number of nitrogens with one attached hydrogen (secondary N) is 1. The minimum absolute atomic E-state index is 0.00861. The summed E-state index contributed by atoms with van der Waals surface area (Å²) in [5.74, 6) is 3.59. The second kappa shape index (κ2) is 5.07. The van der Waals surface area contributed by atoms with Crippen LogP contribution < -0.4 is 11.1 Å². The lowest BCUT2D eigenvalue weighted by Gasteiger charge is -2.12. The Hall–Kier alpha value is -1.76. The third-order valence-electron chi connectivity index (χ3n) is 1.77. The first-order chi connectivity index (χ1) is 6.76. The molecule has 1 rings (SSSR count). The van der Waals surface area contributed by atoms with E-state index in [0.717, 1.165) is 12.8 Å². The Kier molecular flexibility index (Phi) is 3.74. The fraction of sp³-hybridized carbons (Fsp3) is 0.400. The number of aromatic nitrogens is 2. The summed E-state index contributed by atoms with van der Waals surface area (Å²) >= 11 is 0. The Balaban J connectivity index is 2.63. The van der Waals surface area contributed by atoms with Crippen LogP contribution in [0.2, 0.25) is 0 Å². The van der Waals surface area contributed by atoms with Crippen LogP contribution >= 0.6 is 0 Å². The minimum Gasteiger partial charge on any atom is -0.368 e. The van der Waals surface area contributed by atoms with Crippen molar-refractivity contribution in [1.29, 1.82) is 0 Å². The number of nitrogens with zero attached hydrogens (tertiary/aromatic N) is 2. The van der Waals surface area contributed by atoms with Crippen molar-refractivity contribution >= 4 is 11.8 Å². The Morgan fingerprint density at radius 1 is 1.71 bits per heavy atom. The summed E-state index contributed by atoms with van der Waals surface area (Å²) in [5, 5.41) is 3.10. The van der Waals surface area contributed by atoms with Crippen molar-refractivity contribution in [2.24, 2.45) is 0 Å². The van der Waals surface area contributed by atoms with Gasteiger partial charge >= 0.3 is 0 Å². The average molecular weight is 190 g/mol. The molecular weight excluding hydrogens is 176 g/mol. The molecule has 0 amide bonds. The summed E-state index contributed by atoms with van der Waals surface area (Å²) in [7, 11) is 0. The second-order valence-electron chi connectivity index (χ2n) is 2.95. The molecule has 0 radical (unpaired) electrons. The van der Waals surface area contributed by atoms with Gasteiger partial charge in [0.15, 0.2) is 0 Å². The van der Waals surface area contributed by atoms with E-state index in [2.05, 4.69) is 28.1 Å². The molecule has 4 heteroatoms. The Labute approximate surface area is 83.9 Å². The van der Waals surface area contributed by atoms with Crippen molar-refractivity contribution in [3.63, 3.8) is 0 Å². The number of hydrogen-bond donors (Lipinski definition) is 2. The average Bonchev–Trinajstić information content (AvgIpc) is 2.17. The van der Waals surface area contributed by atoms with E-state index < -0.39 is 0 Å². The van der Waals surface area contributed by atoms with Crippen LogP contribution in [0.3, 0.4) is 0 Å². The first-order valence-electron chi connectivity index (χ1n) is 4.57. The molecule has 14 heavy (non-hydrogen) atoms. The van der Waals surface area contributed by atoms with Crippen LogP contribution in [0.15, 0.2) is 12.3 Å². The molecule has 1 atom stereocenters. The van der Waals surface area contributed by atoms with E-state index >= 15 is 0 Å². The summed E-state index contributed by atoms with van der Waals surface area (Å²) in [6.45, 7) is 2.08. The van der Waals surface area contributed by atoms with E-state index in [1.54, 1.807) is 12.3 Å². The van der Waals surface area contributed by atoms with Gasteiger partial charge in [-0.25, -0.2) is 4.98 Å². The number of nitrogens with two attached hydrogens (primary N) is 1. The number of terminal acetylenes is 1. The van der Waals surface area contributed by atoms with Gasteiger partial charge in [0.1, 0.15) is 5.82 Å². The third-order valence-corrected chi connectivity index (χ3v) is 1.77. The first kappa shape index (κ1) is 10.3. The van der Waals surface area contributed by atoms with Gasteiger partial charge in [-0.3, -0.25) is 0 Å². The molecule has 1 heterocycles. The molecule has 0 saturated carbocycles. The summed E-state index contributed by atoms with van der Waals surface area (Å²) in [6, 6.07) is 1.75. The highest BCUT2D eigenvalue weighted by Crippen LogP contribution is 2.07. The summed E-state index contributed by atoms with van der Waals surface area (Å²) in [4.78, 5) is 7.80. The maximum atomic E-state index is 5.44. The van der Waals surface area contributed by atoms with Crippen LogP contribution in [0.1, 0.15) is 19.8 Å². The summed E-state index contributed by atoms with van der Waals surface area (Å²) in [6.07, 6.45) is 8.91. The van der Waals surface area contributed by atoms with Gasteiger partial charge in [-0.2, -0.15) is 4.98 Å². The maximum Gasteiger partial charge on any atom is 0.221 e. The zero-order chi connectivity index (χ0) is 10.4. The van der Waals surface area contributed by atoms with Gasteiger partial charge in [-0.15, -0.1) is 6.42 Å². The van der Waals surface area contributed by atoms with E-state index in [9.17, 15) is 0 Å². The highest BCUT2D eigenvalue weighted by Gasteiger charge is 2.03. The first-order valence-corrected chi connectivity index (χ1v) is 4.57. The van der Waals surface area contributed by atoms with E-state index in [4.69, 9.17) is 12.2 Å². The van der Waals surface area contributed by atoms with Crippen LogP contribution in [0.5, 0.6) is 0 Å². The van der Waals surface area contributed by atoms with Crippen molar-refractivity contribution in [1.82, 2.24) is 9.97 Å². The van der Waals surface area contributed by atoms with E-state index in [0.29, 0.717) is 5.82 Å². The molecule has 0 fully saturated rings. The predicted octanol–water partition coefficient (Wildman–Crippen LogP) is 1.27. The van der Waals surface area contributed by atoms with Crippen LogP contribution in [-0.4, -0.2) is 16.0 Å². The highest BCUT2D eigenvalue weighted by atomic mass is 15.1. The van der Waals surface area contributed by atoms with Crippen molar-refractivity contribution < 1.29 is 0 Å². The quantitative estimate of drug-likeness (QED) is 0.702. The van der Waals surface area contributed by atoms with E-state index in [1.165, 1.54) is 0 Å². The van der Waals surface area contributed by atoms with Gasteiger partial charge in [-0.1, -0.05) is 19.3 Å².